The lowest BCUT2D eigenvalue weighted by Crippen LogP contribution is -2.27. The fourth-order valence-corrected chi connectivity index (χ4v) is 4.38. The summed E-state index contributed by atoms with van der Waals surface area (Å²) in [6.07, 6.45) is 1.70. The highest BCUT2D eigenvalue weighted by Gasteiger charge is 2.33. The highest BCUT2D eigenvalue weighted by molar-refractivity contribution is 8.27. The van der Waals surface area contributed by atoms with Gasteiger partial charge in [0.25, 0.3) is 5.91 Å². The van der Waals surface area contributed by atoms with E-state index in [0.717, 1.165) is 0 Å². The molecule has 1 aliphatic rings. The van der Waals surface area contributed by atoms with Crippen molar-refractivity contribution in [2.24, 2.45) is 0 Å². The van der Waals surface area contributed by atoms with Crippen LogP contribution in [0.2, 0.25) is 0 Å². The molecule has 10 heteroatoms. The summed E-state index contributed by atoms with van der Waals surface area (Å²) in [5, 5.41) is 9.03. The van der Waals surface area contributed by atoms with E-state index in [0.29, 0.717) is 72.5 Å². The van der Waals surface area contributed by atoms with Crippen LogP contribution in [0.3, 0.4) is 0 Å². The van der Waals surface area contributed by atoms with E-state index >= 15 is 0 Å². The molecular weight excluding hydrogens is 490 g/mol. The molecule has 1 saturated heterocycles. The molecule has 0 aliphatic carbocycles. The number of hydrogen-bond donors (Lipinski definition) is 1. The molecule has 0 spiro atoms. The van der Waals surface area contributed by atoms with E-state index < -0.39 is 5.97 Å². The summed E-state index contributed by atoms with van der Waals surface area (Å²) in [6, 6.07) is 13.4. The normalized spacial score (nSPS) is 14.7. The molecule has 0 aromatic heterocycles. The summed E-state index contributed by atoms with van der Waals surface area (Å²) >= 11 is 6.64. The number of ether oxygens (including phenoxy) is 4. The van der Waals surface area contributed by atoms with Gasteiger partial charge in [0, 0.05) is 12.7 Å². The van der Waals surface area contributed by atoms with Crippen molar-refractivity contribution >= 4 is 51.9 Å². The molecule has 1 aliphatic heterocycles. The summed E-state index contributed by atoms with van der Waals surface area (Å²) in [4.78, 5) is 26.0. The quantitative estimate of drug-likeness (QED) is 0.224. The number of amides is 1. The second-order valence-electron chi connectivity index (χ2n) is 7.21. The Morgan fingerprint density at radius 1 is 1.00 bits per heavy atom. The van der Waals surface area contributed by atoms with Crippen molar-refractivity contribution in [2.75, 3.05) is 51.1 Å². The standard InChI is InChI=1S/C25H27NO7S2/c1-2-30-10-11-31-12-13-32-14-15-33-21-5-3-4-20(17-21)26-23(27)22(35-25(26)34)16-18-6-8-19(9-7-18)24(28)29/h3-9,16-17H,2,10-15H2,1H3,(H,28,29)/b22-16-. The molecular formula is C25H27NO7S2. The Morgan fingerprint density at radius 3 is 2.31 bits per heavy atom. The molecule has 8 nitrogen and oxygen atoms in total. The van der Waals surface area contributed by atoms with E-state index in [1.807, 2.05) is 6.92 Å². The van der Waals surface area contributed by atoms with Gasteiger partial charge in [-0.3, -0.25) is 9.69 Å². The number of carboxylic acid groups (broad SMARTS) is 1. The average Bonchev–Trinajstić information content (AvgIpc) is 3.13. The molecule has 0 atom stereocenters. The predicted octanol–water partition coefficient (Wildman–Crippen LogP) is 4.24. The first kappa shape index (κ1) is 26.8. The molecule has 2 aromatic rings. The molecule has 0 unspecified atom stereocenters. The minimum Gasteiger partial charge on any atom is -0.491 e. The van der Waals surface area contributed by atoms with Gasteiger partial charge in [-0.25, -0.2) is 4.79 Å². The Bertz CT molecular complexity index is 1060. The van der Waals surface area contributed by atoms with Crippen molar-refractivity contribution in [1.29, 1.82) is 0 Å². The van der Waals surface area contributed by atoms with E-state index in [1.54, 1.807) is 42.5 Å². The number of rotatable bonds is 14. The number of carboxylic acids is 1. The molecule has 3 rings (SSSR count). The predicted molar refractivity (Wildman–Crippen MR) is 139 cm³/mol. The van der Waals surface area contributed by atoms with Crippen molar-refractivity contribution in [2.45, 2.75) is 6.92 Å². The summed E-state index contributed by atoms with van der Waals surface area (Å²) < 4.78 is 22.2. The lowest BCUT2D eigenvalue weighted by molar-refractivity contribution is -0.113. The molecule has 35 heavy (non-hydrogen) atoms. The van der Waals surface area contributed by atoms with Gasteiger partial charge < -0.3 is 24.1 Å². The molecule has 1 fully saturated rings. The van der Waals surface area contributed by atoms with Crippen molar-refractivity contribution in [3.05, 3.63) is 64.6 Å². The highest BCUT2D eigenvalue weighted by atomic mass is 32.2. The van der Waals surface area contributed by atoms with Crippen LogP contribution < -0.4 is 9.64 Å². The van der Waals surface area contributed by atoms with Gasteiger partial charge in [0.1, 0.15) is 12.4 Å². The Balaban J connectivity index is 1.50. The number of nitrogens with zero attached hydrogens (tertiary/aromatic N) is 1. The van der Waals surface area contributed by atoms with Crippen molar-refractivity contribution < 1.29 is 33.6 Å². The van der Waals surface area contributed by atoms with Crippen LogP contribution in [-0.2, 0) is 19.0 Å². The van der Waals surface area contributed by atoms with Crippen molar-refractivity contribution in [3.63, 3.8) is 0 Å². The average molecular weight is 518 g/mol. The van der Waals surface area contributed by atoms with Crippen LogP contribution in [0.4, 0.5) is 5.69 Å². The zero-order valence-corrected chi connectivity index (χ0v) is 20.9. The Kier molecular flexibility index (Phi) is 10.7. The van der Waals surface area contributed by atoms with Crippen LogP contribution in [0.5, 0.6) is 5.75 Å². The number of carbonyl (C=O) groups is 2. The van der Waals surface area contributed by atoms with Crippen LogP contribution in [0.1, 0.15) is 22.8 Å². The molecule has 186 valence electrons. The van der Waals surface area contributed by atoms with E-state index in [-0.39, 0.29) is 11.5 Å². The number of thioether (sulfide) groups is 1. The third-order valence-electron chi connectivity index (χ3n) is 4.77. The molecule has 0 bridgehead atoms. The summed E-state index contributed by atoms with van der Waals surface area (Å²) in [7, 11) is 0. The van der Waals surface area contributed by atoms with Gasteiger partial charge in [-0.15, -0.1) is 0 Å². The lowest BCUT2D eigenvalue weighted by Gasteiger charge is -2.16. The second-order valence-corrected chi connectivity index (χ2v) is 8.89. The number of aromatic carboxylic acids is 1. The van der Waals surface area contributed by atoms with Gasteiger partial charge in [0.05, 0.1) is 49.2 Å². The first-order valence-electron chi connectivity index (χ1n) is 11.1. The lowest BCUT2D eigenvalue weighted by atomic mass is 10.1. The summed E-state index contributed by atoms with van der Waals surface area (Å²) in [6.45, 7) is 5.47. The highest BCUT2D eigenvalue weighted by Crippen LogP contribution is 2.37. The molecule has 1 N–H and O–H groups in total. The zero-order chi connectivity index (χ0) is 25.0. The largest absolute Gasteiger partial charge is 0.491 e. The minimum atomic E-state index is -1.00. The van der Waals surface area contributed by atoms with E-state index in [1.165, 1.54) is 28.8 Å². The van der Waals surface area contributed by atoms with Crippen molar-refractivity contribution in [3.8, 4) is 5.75 Å². The van der Waals surface area contributed by atoms with E-state index in [9.17, 15) is 9.59 Å². The number of carbonyl (C=O) groups excluding carboxylic acids is 1. The molecule has 0 radical (unpaired) electrons. The Morgan fingerprint density at radius 2 is 1.66 bits per heavy atom. The van der Waals surface area contributed by atoms with E-state index in [4.69, 9.17) is 36.3 Å². The third-order valence-corrected chi connectivity index (χ3v) is 6.07. The van der Waals surface area contributed by atoms with Gasteiger partial charge in [-0.1, -0.05) is 42.2 Å². The monoisotopic (exact) mass is 517 g/mol. The maximum atomic E-state index is 13.0. The fraction of sp³-hybridized carbons (Fsp3) is 0.320. The number of thiocarbonyl (C=S) groups is 1. The van der Waals surface area contributed by atoms with Crippen LogP contribution in [0, 0.1) is 0 Å². The number of anilines is 1. The van der Waals surface area contributed by atoms with Gasteiger partial charge in [0.2, 0.25) is 0 Å². The molecule has 2 aromatic carbocycles. The number of hydrogen-bond acceptors (Lipinski definition) is 8. The van der Waals surface area contributed by atoms with Gasteiger partial charge in [-0.2, -0.15) is 0 Å². The Hall–Kier alpha value is -2.76. The summed E-state index contributed by atoms with van der Waals surface area (Å²) in [5.41, 5.74) is 1.51. The van der Waals surface area contributed by atoms with Crippen LogP contribution in [0.25, 0.3) is 6.08 Å². The van der Waals surface area contributed by atoms with Crippen LogP contribution in [0.15, 0.2) is 53.4 Å². The molecule has 0 saturated carbocycles. The van der Waals surface area contributed by atoms with Gasteiger partial charge in [-0.05, 0) is 42.8 Å². The van der Waals surface area contributed by atoms with Crippen molar-refractivity contribution in [1.82, 2.24) is 0 Å². The van der Waals surface area contributed by atoms with E-state index in [2.05, 4.69) is 0 Å². The minimum absolute atomic E-state index is 0.183. The molecule has 1 amide bonds. The smallest absolute Gasteiger partial charge is 0.335 e. The SMILES string of the molecule is CCOCCOCCOCCOc1cccc(N2C(=O)/C(=C/c3ccc(C(=O)O)cc3)SC2=S)c1. The first-order chi connectivity index (χ1) is 17.0. The Labute approximate surface area is 213 Å². The zero-order valence-electron chi connectivity index (χ0n) is 19.3. The first-order valence-corrected chi connectivity index (χ1v) is 12.3. The number of benzene rings is 2. The van der Waals surface area contributed by atoms with Crippen LogP contribution >= 0.6 is 24.0 Å². The molecule has 1 heterocycles. The van der Waals surface area contributed by atoms with Crippen LogP contribution in [-0.4, -0.2) is 67.6 Å². The topological polar surface area (TPSA) is 94.5 Å². The fourth-order valence-electron chi connectivity index (χ4n) is 3.08. The maximum Gasteiger partial charge on any atom is 0.335 e. The second kappa shape index (κ2) is 14.0. The van der Waals surface area contributed by atoms with Gasteiger partial charge in [0.15, 0.2) is 4.32 Å². The summed E-state index contributed by atoms with van der Waals surface area (Å²) in [5.74, 6) is -0.646. The van der Waals surface area contributed by atoms with Gasteiger partial charge >= 0.3 is 5.97 Å². The maximum absolute atomic E-state index is 13.0. The third kappa shape index (κ3) is 8.15.